The van der Waals surface area contributed by atoms with Crippen LogP contribution >= 0.6 is 22.7 Å². The van der Waals surface area contributed by atoms with Crippen LogP contribution in [0.4, 0.5) is 9.80 Å². The molecule has 1 atom stereocenters. The summed E-state index contributed by atoms with van der Waals surface area (Å²) in [6, 6.07) is 2.32. The Morgan fingerprint density at radius 2 is 2.00 bits per heavy atom. The molecule has 4 rings (SSSR count). The summed E-state index contributed by atoms with van der Waals surface area (Å²) in [6.45, 7) is 0.259. The van der Waals surface area contributed by atoms with Gasteiger partial charge in [-0.15, -0.1) is 22.7 Å². The van der Waals surface area contributed by atoms with E-state index in [1.54, 1.807) is 11.4 Å². The molecule has 3 heterocycles. The number of alkyl carbamates (subject to hydrolysis) is 1. The molecule has 12 heteroatoms. The van der Waals surface area contributed by atoms with E-state index in [1.807, 2.05) is 0 Å². The van der Waals surface area contributed by atoms with E-state index < -0.39 is 34.0 Å². The number of nitrogens with one attached hydrogen (secondary N) is 2. The number of anilines is 1. The van der Waals surface area contributed by atoms with Crippen molar-refractivity contribution in [2.24, 2.45) is 0 Å². The second-order valence-electron chi connectivity index (χ2n) is 7.56. The lowest BCUT2D eigenvalue weighted by Gasteiger charge is -2.33. The molecule has 2 aromatic rings. The number of methoxy groups -OCH3 is 1. The Labute approximate surface area is 193 Å². The van der Waals surface area contributed by atoms with Crippen LogP contribution in [0.1, 0.15) is 46.5 Å². The summed E-state index contributed by atoms with van der Waals surface area (Å²) in [7, 11) is -2.63. The molecule has 1 aliphatic carbocycles. The smallest absolute Gasteiger partial charge is 0.413 e. The summed E-state index contributed by atoms with van der Waals surface area (Å²) in [6.07, 6.45) is 3.27. The molecule has 0 bridgehead atoms. The number of nitrogens with zero attached hydrogens (tertiary/aromatic N) is 1. The minimum Gasteiger partial charge on any atom is -0.453 e. The summed E-state index contributed by atoms with van der Waals surface area (Å²) >= 11 is 2.41. The molecule has 2 aliphatic rings. The average molecular weight is 498 g/mol. The maximum Gasteiger partial charge on any atom is 0.413 e. The first kappa shape index (κ1) is 22.9. The molecule has 172 valence electrons. The number of rotatable bonds is 5. The van der Waals surface area contributed by atoms with Gasteiger partial charge in [0.1, 0.15) is 15.3 Å². The Balaban J connectivity index is 1.61. The number of hydrogen-bond donors (Lipinski definition) is 2. The predicted molar refractivity (Wildman–Crippen MR) is 121 cm³/mol. The van der Waals surface area contributed by atoms with Gasteiger partial charge in [0.05, 0.1) is 12.7 Å². The van der Waals surface area contributed by atoms with Gasteiger partial charge in [-0.1, -0.05) is 12.5 Å². The number of carbonyl (C=O) groups excluding carboxylic acids is 3. The molecule has 32 heavy (non-hydrogen) atoms. The van der Waals surface area contributed by atoms with E-state index in [4.69, 9.17) is 0 Å². The number of amides is 3. The minimum absolute atomic E-state index is 0.199. The zero-order valence-corrected chi connectivity index (χ0v) is 19.8. The highest BCUT2D eigenvalue weighted by molar-refractivity contribution is 7.91. The van der Waals surface area contributed by atoms with Crippen molar-refractivity contribution in [3.8, 4) is 0 Å². The normalized spacial score (nSPS) is 18.7. The van der Waals surface area contributed by atoms with Crippen LogP contribution < -0.4 is 10.6 Å². The van der Waals surface area contributed by atoms with Crippen molar-refractivity contribution in [2.45, 2.75) is 48.8 Å². The van der Waals surface area contributed by atoms with Gasteiger partial charge in [0.25, 0.3) is 15.9 Å². The second-order valence-corrected chi connectivity index (χ2v) is 11.7. The van der Waals surface area contributed by atoms with Gasteiger partial charge in [0.15, 0.2) is 0 Å². The van der Waals surface area contributed by atoms with Gasteiger partial charge in [0, 0.05) is 11.4 Å². The number of aryl methyl sites for hydroxylation is 1. The van der Waals surface area contributed by atoms with E-state index in [2.05, 4.69) is 15.4 Å². The Morgan fingerprint density at radius 1 is 1.19 bits per heavy atom. The van der Waals surface area contributed by atoms with E-state index >= 15 is 0 Å². The first-order chi connectivity index (χ1) is 15.3. The number of ether oxygens (including phenoxy) is 1. The highest BCUT2D eigenvalue weighted by Gasteiger charge is 2.39. The van der Waals surface area contributed by atoms with Crippen molar-refractivity contribution in [1.82, 2.24) is 9.62 Å². The largest absolute Gasteiger partial charge is 0.453 e. The van der Waals surface area contributed by atoms with Gasteiger partial charge in [-0.05, 0) is 49.1 Å². The van der Waals surface area contributed by atoms with Gasteiger partial charge >= 0.3 is 6.09 Å². The van der Waals surface area contributed by atoms with Crippen molar-refractivity contribution in [2.75, 3.05) is 19.0 Å². The van der Waals surface area contributed by atoms with Crippen molar-refractivity contribution < 1.29 is 27.5 Å². The van der Waals surface area contributed by atoms with Crippen molar-refractivity contribution in [1.29, 1.82) is 0 Å². The van der Waals surface area contributed by atoms with Gasteiger partial charge in [-0.3, -0.25) is 14.9 Å². The van der Waals surface area contributed by atoms with Gasteiger partial charge < -0.3 is 10.1 Å². The lowest BCUT2D eigenvalue weighted by atomic mass is 10.0. The zero-order chi connectivity index (χ0) is 22.9. The van der Waals surface area contributed by atoms with Gasteiger partial charge in [0.2, 0.25) is 5.91 Å². The number of sulfonamides is 1. The molecule has 0 spiro atoms. The molecule has 1 fully saturated rings. The third kappa shape index (κ3) is 4.32. The number of piperidine rings is 1. The Hall–Kier alpha value is -2.28. The lowest BCUT2D eigenvalue weighted by Crippen LogP contribution is -2.49. The Morgan fingerprint density at radius 3 is 2.72 bits per heavy atom. The molecule has 0 saturated carbocycles. The molecule has 0 radical (unpaired) electrons. The van der Waals surface area contributed by atoms with Crippen molar-refractivity contribution in [3.05, 3.63) is 33.5 Å². The molecule has 0 aromatic carbocycles. The van der Waals surface area contributed by atoms with E-state index in [1.165, 1.54) is 21.7 Å². The summed E-state index contributed by atoms with van der Waals surface area (Å²) in [4.78, 5) is 38.5. The Kier molecular flexibility index (Phi) is 6.65. The number of thiophene rings is 2. The zero-order valence-electron chi connectivity index (χ0n) is 17.4. The highest BCUT2D eigenvalue weighted by atomic mass is 32.2. The fourth-order valence-electron chi connectivity index (χ4n) is 4.11. The molecule has 1 aliphatic heterocycles. The molecule has 2 aromatic heterocycles. The van der Waals surface area contributed by atoms with Crippen molar-refractivity contribution in [3.63, 3.8) is 0 Å². The summed E-state index contributed by atoms with van der Waals surface area (Å²) in [5.74, 6) is -1.12. The van der Waals surface area contributed by atoms with Crippen LogP contribution in [-0.4, -0.2) is 50.3 Å². The fraction of sp³-hybridized carbons (Fsp3) is 0.450. The van der Waals surface area contributed by atoms with E-state index in [0.29, 0.717) is 24.3 Å². The van der Waals surface area contributed by atoms with Crippen LogP contribution in [0, 0.1) is 0 Å². The summed E-state index contributed by atoms with van der Waals surface area (Å²) < 4.78 is 32.2. The van der Waals surface area contributed by atoms with Crippen LogP contribution in [0.2, 0.25) is 0 Å². The minimum atomic E-state index is -3.79. The van der Waals surface area contributed by atoms with Crippen LogP contribution in [0.5, 0.6) is 0 Å². The highest BCUT2D eigenvalue weighted by Crippen LogP contribution is 2.39. The number of hydrogen-bond acceptors (Lipinski definition) is 8. The quantitative estimate of drug-likeness (QED) is 0.655. The maximum atomic E-state index is 13.2. The topological polar surface area (TPSA) is 122 Å². The van der Waals surface area contributed by atoms with Crippen LogP contribution in [0.3, 0.4) is 0 Å². The first-order valence-corrected chi connectivity index (χ1v) is 13.4. The van der Waals surface area contributed by atoms with Crippen molar-refractivity contribution >= 4 is 55.6 Å². The third-order valence-electron chi connectivity index (χ3n) is 5.60. The summed E-state index contributed by atoms with van der Waals surface area (Å²) in [5.41, 5.74) is 1.07. The first-order valence-electron chi connectivity index (χ1n) is 10.2. The molecular weight excluding hydrogens is 474 g/mol. The summed E-state index contributed by atoms with van der Waals surface area (Å²) in [5, 5.41) is 6.97. The average Bonchev–Trinajstić information content (AvgIpc) is 3.51. The number of fused-ring (bicyclic) bond motifs is 1. The second kappa shape index (κ2) is 9.30. The van der Waals surface area contributed by atoms with Crippen LogP contribution in [0.15, 0.2) is 21.7 Å². The molecule has 3 amide bonds. The standard InChI is InChI=1S/C20H23N3O6S3/c1-29-20(26)22-18(25)16-12-6-4-8-14(12)31-19(16)21-17(24)13-7-2-3-10-23(13)32(27,28)15-9-5-11-30-15/h5,9,11,13H,2-4,6-8,10H2,1H3,(H,21,24)(H,22,25,26). The van der Waals surface area contributed by atoms with Crippen LogP contribution in [-0.2, 0) is 32.4 Å². The molecule has 1 saturated heterocycles. The SMILES string of the molecule is COC(=O)NC(=O)c1c(NC(=O)C2CCCCN2S(=O)(=O)c2cccs2)sc2c1CCC2. The number of imide groups is 1. The van der Waals surface area contributed by atoms with E-state index in [-0.39, 0.29) is 16.3 Å². The van der Waals surface area contributed by atoms with E-state index in [9.17, 15) is 22.8 Å². The third-order valence-corrected chi connectivity index (χ3v) is 10.1. The lowest BCUT2D eigenvalue weighted by molar-refractivity contribution is -0.120. The Bertz CT molecular complexity index is 1140. The van der Waals surface area contributed by atoms with Gasteiger partial charge in [-0.2, -0.15) is 4.31 Å². The molecular formula is C20H23N3O6S3. The molecule has 9 nitrogen and oxygen atoms in total. The predicted octanol–water partition coefficient (Wildman–Crippen LogP) is 2.98. The molecule has 2 N–H and O–H groups in total. The van der Waals surface area contributed by atoms with E-state index in [0.717, 1.165) is 48.1 Å². The maximum absolute atomic E-state index is 13.2. The monoisotopic (exact) mass is 497 g/mol. The van der Waals surface area contributed by atoms with Gasteiger partial charge in [-0.25, -0.2) is 13.2 Å². The number of carbonyl (C=O) groups is 3. The molecule has 1 unspecified atom stereocenters. The van der Waals surface area contributed by atoms with Crippen LogP contribution in [0.25, 0.3) is 0 Å². The fourth-order valence-corrected chi connectivity index (χ4v) is 8.18.